The Balaban J connectivity index is 2.89. The predicted octanol–water partition coefficient (Wildman–Crippen LogP) is 2.77. The van der Waals surface area contributed by atoms with E-state index in [1.54, 1.807) is 18.2 Å². The zero-order valence-corrected chi connectivity index (χ0v) is 10.5. The summed E-state index contributed by atoms with van der Waals surface area (Å²) in [5.41, 5.74) is 0.392. The van der Waals surface area contributed by atoms with Crippen molar-refractivity contribution in [3.8, 4) is 12.3 Å². The minimum atomic E-state index is -0.272. The van der Waals surface area contributed by atoms with E-state index in [0.717, 1.165) is 0 Å². The molecule has 0 bridgehead atoms. The molecule has 0 aliphatic heterocycles. The number of hydrogen-bond acceptors (Lipinski definition) is 2. The number of halogens is 1. The first kappa shape index (κ1) is 13.0. The summed E-state index contributed by atoms with van der Waals surface area (Å²) in [7, 11) is 0. The minimum Gasteiger partial charge on any atom is -0.338 e. The van der Waals surface area contributed by atoms with Crippen molar-refractivity contribution in [1.82, 2.24) is 5.32 Å². The fourth-order valence-electron chi connectivity index (χ4n) is 1.18. The number of rotatable bonds is 3. The molecule has 1 amide bonds. The molecule has 2 nitrogen and oxygen atoms in total. The number of carbonyl (C=O) groups is 1. The van der Waals surface area contributed by atoms with Crippen LogP contribution in [0.25, 0.3) is 0 Å². The van der Waals surface area contributed by atoms with Crippen molar-refractivity contribution in [2.75, 3.05) is 0 Å². The highest BCUT2D eigenvalue weighted by Crippen LogP contribution is 2.19. The molecule has 1 atom stereocenters. The molecule has 0 radical (unpaired) electrons. The summed E-state index contributed by atoms with van der Waals surface area (Å²) in [6.07, 6.45) is 5.95. The van der Waals surface area contributed by atoms with Gasteiger partial charge in [-0.15, -0.1) is 19.1 Å². The SMILES string of the molecule is C#CC(CC)NC(=O)c1cc(S)ccc1Cl. The average molecular weight is 254 g/mol. The van der Waals surface area contributed by atoms with Crippen LogP contribution in [-0.4, -0.2) is 11.9 Å². The van der Waals surface area contributed by atoms with Crippen molar-refractivity contribution in [3.63, 3.8) is 0 Å². The zero-order valence-electron chi connectivity index (χ0n) is 8.83. The zero-order chi connectivity index (χ0) is 12.1. The Morgan fingerprint density at radius 2 is 2.38 bits per heavy atom. The fourth-order valence-corrected chi connectivity index (χ4v) is 1.59. The van der Waals surface area contributed by atoms with Crippen molar-refractivity contribution < 1.29 is 4.79 Å². The van der Waals surface area contributed by atoms with Gasteiger partial charge in [0.1, 0.15) is 0 Å². The lowest BCUT2D eigenvalue weighted by Crippen LogP contribution is -2.33. The van der Waals surface area contributed by atoms with Crippen molar-refractivity contribution in [3.05, 3.63) is 28.8 Å². The fraction of sp³-hybridized carbons (Fsp3) is 0.250. The van der Waals surface area contributed by atoms with Crippen molar-refractivity contribution in [1.29, 1.82) is 0 Å². The molecule has 1 N–H and O–H groups in total. The first-order valence-corrected chi connectivity index (χ1v) is 5.66. The van der Waals surface area contributed by atoms with Crippen LogP contribution in [0.15, 0.2) is 23.1 Å². The summed E-state index contributed by atoms with van der Waals surface area (Å²) in [4.78, 5) is 12.5. The second-order valence-corrected chi connectivity index (χ2v) is 4.19. The van der Waals surface area contributed by atoms with Gasteiger partial charge in [-0.05, 0) is 24.6 Å². The molecule has 0 heterocycles. The van der Waals surface area contributed by atoms with Gasteiger partial charge in [0.05, 0.1) is 16.6 Å². The molecule has 0 aliphatic carbocycles. The lowest BCUT2D eigenvalue weighted by Gasteiger charge is -2.11. The van der Waals surface area contributed by atoms with Gasteiger partial charge in [0.2, 0.25) is 0 Å². The Hall–Kier alpha value is -1.11. The number of amides is 1. The monoisotopic (exact) mass is 253 g/mol. The highest BCUT2D eigenvalue weighted by atomic mass is 35.5. The molecule has 0 saturated heterocycles. The molecule has 16 heavy (non-hydrogen) atoms. The van der Waals surface area contributed by atoms with E-state index < -0.39 is 0 Å². The van der Waals surface area contributed by atoms with E-state index in [9.17, 15) is 4.79 Å². The van der Waals surface area contributed by atoms with E-state index in [1.165, 1.54) is 0 Å². The van der Waals surface area contributed by atoms with Crippen LogP contribution in [-0.2, 0) is 0 Å². The van der Waals surface area contributed by atoms with Crippen molar-refractivity contribution >= 4 is 30.1 Å². The Labute approximate surface area is 106 Å². The number of thiol groups is 1. The first-order chi connectivity index (χ1) is 7.58. The smallest absolute Gasteiger partial charge is 0.253 e. The normalized spacial score (nSPS) is 11.6. The first-order valence-electron chi connectivity index (χ1n) is 4.84. The van der Waals surface area contributed by atoms with E-state index in [-0.39, 0.29) is 11.9 Å². The third-order valence-corrected chi connectivity index (χ3v) is 2.72. The molecule has 0 fully saturated rings. The molecule has 1 unspecified atom stereocenters. The van der Waals surface area contributed by atoms with Gasteiger partial charge in [0, 0.05) is 4.90 Å². The summed E-state index contributed by atoms with van der Waals surface area (Å²) in [6, 6.07) is 4.70. The summed E-state index contributed by atoms with van der Waals surface area (Å²) < 4.78 is 0. The molecule has 1 aromatic carbocycles. The topological polar surface area (TPSA) is 29.1 Å². The minimum absolute atomic E-state index is 0.271. The molecule has 84 valence electrons. The summed E-state index contributed by atoms with van der Waals surface area (Å²) in [5.74, 6) is 2.22. The van der Waals surface area contributed by atoms with E-state index in [4.69, 9.17) is 18.0 Å². The number of hydrogen-bond donors (Lipinski definition) is 2. The summed E-state index contributed by atoms with van der Waals surface area (Å²) >= 11 is 10.1. The van der Waals surface area contributed by atoms with E-state index >= 15 is 0 Å². The number of nitrogens with one attached hydrogen (secondary N) is 1. The highest BCUT2D eigenvalue weighted by molar-refractivity contribution is 7.80. The molecule has 0 saturated carbocycles. The van der Waals surface area contributed by atoms with E-state index in [2.05, 4.69) is 23.9 Å². The Morgan fingerprint density at radius 3 is 2.94 bits per heavy atom. The van der Waals surface area contributed by atoms with Gasteiger partial charge < -0.3 is 5.32 Å². The third-order valence-electron chi connectivity index (χ3n) is 2.11. The van der Waals surface area contributed by atoms with E-state index in [1.807, 2.05) is 6.92 Å². The Morgan fingerprint density at radius 1 is 1.69 bits per heavy atom. The quantitative estimate of drug-likeness (QED) is 0.630. The molecule has 4 heteroatoms. The highest BCUT2D eigenvalue weighted by Gasteiger charge is 2.13. The van der Waals surface area contributed by atoms with Crippen LogP contribution < -0.4 is 5.32 Å². The van der Waals surface area contributed by atoms with Crippen LogP contribution >= 0.6 is 24.2 Å². The van der Waals surface area contributed by atoms with Gasteiger partial charge in [0.25, 0.3) is 5.91 Å². The maximum Gasteiger partial charge on any atom is 0.253 e. The van der Waals surface area contributed by atoms with Gasteiger partial charge in [0.15, 0.2) is 0 Å². The predicted molar refractivity (Wildman–Crippen MR) is 69.1 cm³/mol. The molecule has 1 rings (SSSR count). The maximum absolute atomic E-state index is 11.8. The molecular weight excluding hydrogens is 242 g/mol. The number of benzene rings is 1. The van der Waals surface area contributed by atoms with Gasteiger partial charge in [-0.1, -0.05) is 24.4 Å². The van der Waals surface area contributed by atoms with E-state index in [0.29, 0.717) is 21.9 Å². The van der Waals surface area contributed by atoms with Crippen LogP contribution in [0.3, 0.4) is 0 Å². The Kier molecular flexibility index (Phi) is 4.72. The van der Waals surface area contributed by atoms with Gasteiger partial charge in [-0.3, -0.25) is 4.79 Å². The van der Waals surface area contributed by atoms with Crippen LogP contribution in [0, 0.1) is 12.3 Å². The lowest BCUT2D eigenvalue weighted by molar-refractivity contribution is 0.0945. The van der Waals surface area contributed by atoms with Crippen LogP contribution in [0.4, 0.5) is 0 Å². The summed E-state index contributed by atoms with van der Waals surface area (Å²) in [6.45, 7) is 1.90. The molecule has 0 aliphatic rings. The molecular formula is C12H12ClNOS. The standard InChI is InChI=1S/C12H12ClNOS/c1-3-8(4-2)14-12(15)10-7-9(16)5-6-11(10)13/h1,5-8,16H,4H2,2H3,(H,14,15). The van der Waals surface area contributed by atoms with Crippen LogP contribution in [0.2, 0.25) is 5.02 Å². The van der Waals surface area contributed by atoms with Gasteiger partial charge in [-0.25, -0.2) is 0 Å². The Bertz CT molecular complexity index is 439. The van der Waals surface area contributed by atoms with Crippen LogP contribution in [0.5, 0.6) is 0 Å². The maximum atomic E-state index is 11.8. The average Bonchev–Trinajstić information content (AvgIpc) is 2.28. The largest absolute Gasteiger partial charge is 0.338 e. The molecule has 1 aromatic rings. The third kappa shape index (κ3) is 3.19. The summed E-state index contributed by atoms with van der Waals surface area (Å²) in [5, 5.41) is 3.10. The van der Waals surface area contributed by atoms with Crippen molar-refractivity contribution in [2.45, 2.75) is 24.3 Å². The van der Waals surface area contributed by atoms with Gasteiger partial charge >= 0.3 is 0 Å². The second kappa shape index (κ2) is 5.83. The number of carbonyl (C=O) groups excluding carboxylic acids is 1. The molecule has 0 spiro atoms. The second-order valence-electron chi connectivity index (χ2n) is 3.27. The lowest BCUT2D eigenvalue weighted by atomic mass is 10.1. The van der Waals surface area contributed by atoms with Gasteiger partial charge in [-0.2, -0.15) is 0 Å². The molecule has 0 aromatic heterocycles. The van der Waals surface area contributed by atoms with Crippen LogP contribution in [0.1, 0.15) is 23.7 Å². The van der Waals surface area contributed by atoms with Crippen molar-refractivity contribution in [2.24, 2.45) is 0 Å². The number of terminal acetylenes is 1.